The first-order valence-corrected chi connectivity index (χ1v) is 4.87. The van der Waals surface area contributed by atoms with E-state index in [1.54, 1.807) is 14.2 Å². The first-order chi connectivity index (χ1) is 7.12. The molecule has 15 heavy (non-hydrogen) atoms. The minimum Gasteiger partial charge on any atom is -0.388 e. The predicted molar refractivity (Wildman–Crippen MR) is 55.9 cm³/mol. The average molecular weight is 222 g/mol. The first-order valence-electron chi connectivity index (χ1n) is 4.87. The van der Waals surface area contributed by atoms with E-state index >= 15 is 0 Å². The molecule has 0 aromatic heterocycles. The molecule has 0 heterocycles. The Kier molecular flexibility index (Phi) is 7.90. The second-order valence-electron chi connectivity index (χ2n) is 3.36. The van der Waals surface area contributed by atoms with Crippen molar-refractivity contribution < 1.29 is 24.1 Å². The number of methoxy groups -OCH3 is 4. The van der Waals surface area contributed by atoms with Crippen LogP contribution in [0.25, 0.3) is 0 Å². The molecule has 0 aliphatic carbocycles. The van der Waals surface area contributed by atoms with Crippen LogP contribution in [0.2, 0.25) is 0 Å². The van der Waals surface area contributed by atoms with E-state index in [1.807, 2.05) is 6.92 Å². The molecule has 0 radical (unpaired) electrons. The summed E-state index contributed by atoms with van der Waals surface area (Å²) >= 11 is 0. The molecule has 1 unspecified atom stereocenters. The summed E-state index contributed by atoms with van der Waals surface area (Å²) in [5.41, 5.74) is 0. The molecule has 0 aliphatic heterocycles. The van der Waals surface area contributed by atoms with Crippen LogP contribution in [0, 0.1) is 0 Å². The molecule has 0 spiro atoms. The average Bonchev–Trinajstić information content (AvgIpc) is 2.24. The van der Waals surface area contributed by atoms with E-state index in [2.05, 4.69) is 0 Å². The van der Waals surface area contributed by atoms with Crippen molar-refractivity contribution in [3.63, 3.8) is 0 Å². The summed E-state index contributed by atoms with van der Waals surface area (Å²) in [5.74, 6) is 0. The summed E-state index contributed by atoms with van der Waals surface area (Å²) < 4.78 is 20.5. The molecule has 4 atom stereocenters. The Balaban J connectivity index is 4.44. The molecule has 5 heteroatoms. The zero-order chi connectivity index (χ0) is 11.8. The maximum atomic E-state index is 9.77. The molecule has 0 saturated carbocycles. The number of aliphatic hydroxyl groups is 1. The monoisotopic (exact) mass is 222 g/mol. The van der Waals surface area contributed by atoms with Gasteiger partial charge < -0.3 is 24.1 Å². The van der Waals surface area contributed by atoms with Crippen LogP contribution in [0.4, 0.5) is 0 Å². The maximum Gasteiger partial charge on any atom is 0.114 e. The van der Waals surface area contributed by atoms with Gasteiger partial charge in [0.15, 0.2) is 0 Å². The van der Waals surface area contributed by atoms with Gasteiger partial charge in [-0.1, -0.05) is 0 Å². The molecule has 1 N–H and O–H groups in total. The van der Waals surface area contributed by atoms with Crippen molar-refractivity contribution in [2.24, 2.45) is 0 Å². The van der Waals surface area contributed by atoms with E-state index < -0.39 is 12.2 Å². The summed E-state index contributed by atoms with van der Waals surface area (Å²) in [4.78, 5) is 0. The Labute approximate surface area is 91.3 Å². The molecule has 92 valence electrons. The van der Waals surface area contributed by atoms with Gasteiger partial charge in [0.25, 0.3) is 0 Å². The predicted octanol–water partition coefficient (Wildman–Crippen LogP) is 0.0586. The Morgan fingerprint density at radius 1 is 0.933 bits per heavy atom. The van der Waals surface area contributed by atoms with Crippen molar-refractivity contribution in [3.05, 3.63) is 0 Å². The summed E-state index contributed by atoms with van der Waals surface area (Å²) in [6.07, 6.45) is -1.69. The van der Waals surface area contributed by atoms with Crippen LogP contribution in [-0.2, 0) is 18.9 Å². The van der Waals surface area contributed by atoms with Gasteiger partial charge in [-0.25, -0.2) is 0 Å². The highest BCUT2D eigenvalue weighted by Gasteiger charge is 2.32. The third-order valence-corrected chi connectivity index (χ3v) is 2.42. The Morgan fingerprint density at radius 3 is 1.80 bits per heavy atom. The smallest absolute Gasteiger partial charge is 0.114 e. The molecular weight excluding hydrogens is 200 g/mol. The largest absolute Gasteiger partial charge is 0.388 e. The highest BCUT2D eigenvalue weighted by atomic mass is 16.6. The lowest BCUT2D eigenvalue weighted by molar-refractivity contribution is -0.147. The topological polar surface area (TPSA) is 57.2 Å². The van der Waals surface area contributed by atoms with Gasteiger partial charge in [0, 0.05) is 28.4 Å². The number of ether oxygens (including phenoxy) is 4. The molecule has 0 bridgehead atoms. The Morgan fingerprint density at radius 2 is 1.47 bits per heavy atom. The zero-order valence-corrected chi connectivity index (χ0v) is 10.1. The lowest BCUT2D eigenvalue weighted by Gasteiger charge is -2.31. The van der Waals surface area contributed by atoms with Gasteiger partial charge in [0.05, 0.1) is 12.7 Å². The minimum atomic E-state index is -0.734. The van der Waals surface area contributed by atoms with Crippen LogP contribution in [0.3, 0.4) is 0 Å². The van der Waals surface area contributed by atoms with Crippen LogP contribution in [0.15, 0.2) is 0 Å². The van der Waals surface area contributed by atoms with E-state index in [1.165, 1.54) is 14.2 Å². The number of rotatable bonds is 8. The normalized spacial score (nSPS) is 19.6. The summed E-state index contributed by atoms with van der Waals surface area (Å²) in [6.45, 7) is 2.06. The van der Waals surface area contributed by atoms with E-state index in [4.69, 9.17) is 18.9 Å². The van der Waals surface area contributed by atoms with Gasteiger partial charge >= 0.3 is 0 Å². The van der Waals surface area contributed by atoms with Crippen LogP contribution >= 0.6 is 0 Å². The zero-order valence-electron chi connectivity index (χ0n) is 10.1. The van der Waals surface area contributed by atoms with E-state index in [9.17, 15) is 5.11 Å². The third kappa shape index (κ3) is 4.44. The Hall–Kier alpha value is -0.200. The van der Waals surface area contributed by atoms with Crippen LogP contribution in [-0.4, -0.2) is 64.6 Å². The minimum absolute atomic E-state index is 0.161. The second kappa shape index (κ2) is 8.01. The molecule has 0 aliphatic rings. The van der Waals surface area contributed by atoms with Crippen molar-refractivity contribution in [1.29, 1.82) is 0 Å². The fraction of sp³-hybridized carbons (Fsp3) is 1.00. The van der Waals surface area contributed by atoms with Crippen LogP contribution < -0.4 is 0 Å². The van der Waals surface area contributed by atoms with Gasteiger partial charge in [-0.3, -0.25) is 0 Å². The molecule has 0 aromatic carbocycles. The van der Waals surface area contributed by atoms with Crippen molar-refractivity contribution in [1.82, 2.24) is 0 Å². The third-order valence-electron chi connectivity index (χ3n) is 2.42. The number of hydrogen-bond donors (Lipinski definition) is 1. The van der Waals surface area contributed by atoms with Crippen LogP contribution in [0.1, 0.15) is 6.92 Å². The molecule has 0 rings (SSSR count). The van der Waals surface area contributed by atoms with Gasteiger partial charge in [0.2, 0.25) is 0 Å². The number of aliphatic hydroxyl groups excluding tert-OH is 1. The van der Waals surface area contributed by atoms with Crippen molar-refractivity contribution >= 4 is 0 Å². The fourth-order valence-electron chi connectivity index (χ4n) is 1.50. The molecule has 5 nitrogen and oxygen atoms in total. The molecule has 0 saturated heterocycles. The van der Waals surface area contributed by atoms with Gasteiger partial charge in [0.1, 0.15) is 18.3 Å². The van der Waals surface area contributed by atoms with E-state index in [-0.39, 0.29) is 18.8 Å². The fourth-order valence-corrected chi connectivity index (χ4v) is 1.50. The highest BCUT2D eigenvalue weighted by molar-refractivity contribution is 4.82. The van der Waals surface area contributed by atoms with E-state index in [0.29, 0.717) is 0 Å². The SMILES string of the molecule is COC[C@@H](O)[C@@H](OC)[C@@H](OC)C(C)OC. The summed E-state index contributed by atoms with van der Waals surface area (Å²) in [5, 5.41) is 9.77. The maximum absolute atomic E-state index is 9.77. The molecule has 0 aromatic rings. The van der Waals surface area contributed by atoms with Crippen molar-refractivity contribution in [3.8, 4) is 0 Å². The van der Waals surface area contributed by atoms with Crippen LogP contribution in [0.5, 0.6) is 0 Å². The first kappa shape index (κ1) is 14.8. The van der Waals surface area contributed by atoms with Gasteiger partial charge in [-0.2, -0.15) is 0 Å². The lowest BCUT2D eigenvalue weighted by atomic mass is 10.0. The van der Waals surface area contributed by atoms with E-state index in [0.717, 1.165) is 0 Å². The molecule has 0 fully saturated rings. The molecular formula is C10H22O5. The van der Waals surface area contributed by atoms with Gasteiger partial charge in [-0.05, 0) is 6.92 Å². The summed E-state index contributed by atoms with van der Waals surface area (Å²) in [7, 11) is 6.20. The van der Waals surface area contributed by atoms with Crippen molar-refractivity contribution in [2.75, 3.05) is 35.0 Å². The summed E-state index contributed by atoms with van der Waals surface area (Å²) in [6, 6.07) is 0. The lowest BCUT2D eigenvalue weighted by Crippen LogP contribution is -2.48. The quantitative estimate of drug-likeness (QED) is 0.629. The van der Waals surface area contributed by atoms with Gasteiger partial charge in [-0.15, -0.1) is 0 Å². The highest BCUT2D eigenvalue weighted by Crippen LogP contribution is 2.14. The standard InChI is InChI=1S/C10H22O5/c1-7(13-3)9(14-4)10(15-5)8(11)6-12-2/h7-11H,6H2,1-5H3/t7?,8-,9+,10-/m1/s1. The number of hydrogen-bond acceptors (Lipinski definition) is 5. The molecule has 0 amide bonds. The van der Waals surface area contributed by atoms with Crippen molar-refractivity contribution in [2.45, 2.75) is 31.3 Å². The Bertz CT molecular complexity index is 153. The second-order valence-corrected chi connectivity index (χ2v) is 3.36.